The van der Waals surface area contributed by atoms with E-state index in [4.69, 9.17) is 33.7 Å². The van der Waals surface area contributed by atoms with Crippen LogP contribution in [-0.4, -0.2) is 18.5 Å². The molecule has 0 unspecified atom stereocenters. The first kappa shape index (κ1) is 16.1. The van der Waals surface area contributed by atoms with Crippen molar-refractivity contribution in [2.75, 3.05) is 17.7 Å². The number of rotatable bonds is 4. The van der Waals surface area contributed by atoms with Crippen LogP contribution in [0.3, 0.4) is 0 Å². The molecule has 2 rings (SSSR count). The fourth-order valence-corrected chi connectivity index (χ4v) is 2.04. The van der Waals surface area contributed by atoms with E-state index in [1.54, 1.807) is 30.3 Å². The summed E-state index contributed by atoms with van der Waals surface area (Å²) >= 11 is 11.6. The third-order valence-corrected chi connectivity index (χ3v) is 3.15. The predicted octanol–water partition coefficient (Wildman–Crippen LogP) is 3.37. The predicted molar refractivity (Wildman–Crippen MR) is 86.2 cm³/mol. The maximum Gasteiger partial charge on any atom is 0.340 e. The highest BCUT2D eigenvalue weighted by Gasteiger charge is 2.14. The molecule has 0 radical (unpaired) electrons. The number of nitrogen functional groups attached to an aromatic ring is 1. The third-order valence-electron chi connectivity index (χ3n) is 2.68. The molecule has 7 heteroatoms. The molecule has 0 aromatic heterocycles. The molecule has 0 aliphatic rings. The SMILES string of the molecule is Nc1ccc(Cl)cc1C(=O)OCC(=O)Nc1cccc(Cl)c1. The molecule has 114 valence electrons. The minimum atomic E-state index is -0.721. The minimum absolute atomic E-state index is 0.114. The van der Waals surface area contributed by atoms with E-state index >= 15 is 0 Å². The Bertz CT molecular complexity index is 720. The molecular weight excluding hydrogens is 327 g/mol. The number of anilines is 2. The van der Waals surface area contributed by atoms with Gasteiger partial charge in [0.25, 0.3) is 5.91 Å². The Morgan fingerprint density at radius 3 is 2.55 bits per heavy atom. The highest BCUT2D eigenvalue weighted by atomic mass is 35.5. The molecule has 0 atom stereocenters. The number of benzene rings is 2. The molecule has 0 fully saturated rings. The third kappa shape index (κ3) is 4.38. The van der Waals surface area contributed by atoms with Crippen molar-refractivity contribution in [3.05, 3.63) is 58.1 Å². The van der Waals surface area contributed by atoms with E-state index in [0.29, 0.717) is 15.7 Å². The van der Waals surface area contributed by atoms with Gasteiger partial charge < -0.3 is 15.8 Å². The number of carbonyl (C=O) groups is 2. The largest absolute Gasteiger partial charge is 0.452 e. The number of hydrogen-bond acceptors (Lipinski definition) is 4. The number of carbonyl (C=O) groups excluding carboxylic acids is 2. The molecule has 2 aromatic rings. The lowest BCUT2D eigenvalue weighted by Gasteiger charge is -2.08. The van der Waals surface area contributed by atoms with E-state index in [1.807, 2.05) is 0 Å². The van der Waals surface area contributed by atoms with Crippen molar-refractivity contribution in [1.82, 2.24) is 0 Å². The fourth-order valence-electron chi connectivity index (χ4n) is 1.68. The van der Waals surface area contributed by atoms with Crippen molar-refractivity contribution in [2.24, 2.45) is 0 Å². The highest BCUT2D eigenvalue weighted by molar-refractivity contribution is 6.31. The van der Waals surface area contributed by atoms with Gasteiger partial charge in [0.2, 0.25) is 0 Å². The number of amides is 1. The van der Waals surface area contributed by atoms with Gasteiger partial charge in [-0.05, 0) is 36.4 Å². The van der Waals surface area contributed by atoms with Crippen molar-refractivity contribution in [2.45, 2.75) is 0 Å². The van der Waals surface area contributed by atoms with Crippen LogP contribution in [0, 0.1) is 0 Å². The lowest BCUT2D eigenvalue weighted by molar-refractivity contribution is -0.119. The van der Waals surface area contributed by atoms with Gasteiger partial charge in [0, 0.05) is 21.4 Å². The monoisotopic (exact) mass is 338 g/mol. The topological polar surface area (TPSA) is 81.4 Å². The Morgan fingerprint density at radius 2 is 1.82 bits per heavy atom. The van der Waals surface area contributed by atoms with Crippen LogP contribution >= 0.6 is 23.2 Å². The Morgan fingerprint density at radius 1 is 1.09 bits per heavy atom. The van der Waals surface area contributed by atoms with Crippen molar-refractivity contribution in [3.8, 4) is 0 Å². The van der Waals surface area contributed by atoms with Crippen LogP contribution in [0.15, 0.2) is 42.5 Å². The molecule has 0 heterocycles. The van der Waals surface area contributed by atoms with Crippen LogP contribution in [0.2, 0.25) is 10.0 Å². The zero-order valence-corrected chi connectivity index (χ0v) is 12.8. The van der Waals surface area contributed by atoms with Gasteiger partial charge in [-0.3, -0.25) is 4.79 Å². The summed E-state index contributed by atoms with van der Waals surface area (Å²) in [4.78, 5) is 23.6. The number of hydrogen-bond donors (Lipinski definition) is 2. The average molecular weight is 339 g/mol. The molecule has 0 aliphatic carbocycles. The molecule has 22 heavy (non-hydrogen) atoms. The first-order chi connectivity index (χ1) is 10.5. The summed E-state index contributed by atoms with van der Waals surface area (Å²) in [6.07, 6.45) is 0. The molecule has 0 spiro atoms. The molecule has 0 aliphatic heterocycles. The maximum absolute atomic E-state index is 11.9. The molecule has 0 bridgehead atoms. The first-order valence-corrected chi connectivity index (χ1v) is 6.99. The molecular formula is C15H12Cl2N2O3. The van der Waals surface area contributed by atoms with E-state index in [2.05, 4.69) is 5.32 Å². The van der Waals surface area contributed by atoms with E-state index < -0.39 is 18.5 Å². The Balaban J connectivity index is 1.93. The summed E-state index contributed by atoms with van der Waals surface area (Å²) in [5.41, 5.74) is 6.51. The number of nitrogens with two attached hydrogens (primary N) is 1. The second-order valence-corrected chi connectivity index (χ2v) is 5.24. The number of halogens is 2. The van der Waals surface area contributed by atoms with Crippen LogP contribution in [0.25, 0.3) is 0 Å². The van der Waals surface area contributed by atoms with Crippen LogP contribution in [0.5, 0.6) is 0 Å². The highest BCUT2D eigenvalue weighted by Crippen LogP contribution is 2.19. The molecule has 0 saturated heterocycles. The maximum atomic E-state index is 11.9. The van der Waals surface area contributed by atoms with Crippen molar-refractivity contribution >= 4 is 46.5 Å². The zero-order chi connectivity index (χ0) is 16.1. The van der Waals surface area contributed by atoms with E-state index in [1.165, 1.54) is 12.1 Å². The fraction of sp³-hybridized carbons (Fsp3) is 0.0667. The second-order valence-electron chi connectivity index (χ2n) is 4.37. The van der Waals surface area contributed by atoms with Gasteiger partial charge in [-0.1, -0.05) is 29.3 Å². The van der Waals surface area contributed by atoms with Crippen molar-refractivity contribution < 1.29 is 14.3 Å². The lowest BCUT2D eigenvalue weighted by atomic mass is 10.2. The van der Waals surface area contributed by atoms with E-state index in [9.17, 15) is 9.59 Å². The molecule has 1 amide bonds. The molecule has 5 nitrogen and oxygen atoms in total. The lowest BCUT2D eigenvalue weighted by Crippen LogP contribution is -2.21. The average Bonchev–Trinajstić information content (AvgIpc) is 2.47. The summed E-state index contributed by atoms with van der Waals surface area (Å²) in [5.74, 6) is -1.21. The van der Waals surface area contributed by atoms with Crippen LogP contribution in [0.1, 0.15) is 10.4 Å². The summed E-state index contributed by atoms with van der Waals surface area (Å²) in [7, 11) is 0. The molecule has 3 N–H and O–H groups in total. The quantitative estimate of drug-likeness (QED) is 0.661. The van der Waals surface area contributed by atoms with Gasteiger partial charge in [-0.25, -0.2) is 4.79 Å². The van der Waals surface area contributed by atoms with Gasteiger partial charge in [-0.2, -0.15) is 0 Å². The molecule has 2 aromatic carbocycles. The van der Waals surface area contributed by atoms with Gasteiger partial charge in [0.1, 0.15) is 0 Å². The van der Waals surface area contributed by atoms with Crippen molar-refractivity contribution in [1.29, 1.82) is 0 Å². The molecule has 0 saturated carbocycles. The summed E-state index contributed by atoms with van der Waals surface area (Å²) in [6.45, 7) is -0.447. The zero-order valence-electron chi connectivity index (χ0n) is 11.3. The van der Waals surface area contributed by atoms with Crippen molar-refractivity contribution in [3.63, 3.8) is 0 Å². The number of nitrogens with one attached hydrogen (secondary N) is 1. The summed E-state index contributed by atoms with van der Waals surface area (Å²) < 4.78 is 4.91. The normalized spacial score (nSPS) is 10.1. The van der Waals surface area contributed by atoms with Gasteiger partial charge in [0.15, 0.2) is 6.61 Å². The Hall–Kier alpha value is -2.24. The van der Waals surface area contributed by atoms with Gasteiger partial charge in [0.05, 0.1) is 5.56 Å². The van der Waals surface area contributed by atoms with Crippen LogP contribution in [0.4, 0.5) is 11.4 Å². The number of esters is 1. The minimum Gasteiger partial charge on any atom is -0.452 e. The van der Waals surface area contributed by atoms with Crippen LogP contribution < -0.4 is 11.1 Å². The van der Waals surface area contributed by atoms with E-state index in [0.717, 1.165) is 0 Å². The summed E-state index contributed by atoms with van der Waals surface area (Å²) in [6, 6.07) is 11.0. The van der Waals surface area contributed by atoms with Crippen LogP contribution in [-0.2, 0) is 9.53 Å². The smallest absolute Gasteiger partial charge is 0.340 e. The first-order valence-electron chi connectivity index (χ1n) is 6.23. The standard InChI is InChI=1S/C15H12Cl2N2O3/c16-9-2-1-3-11(6-9)19-14(20)8-22-15(21)12-7-10(17)4-5-13(12)18/h1-7H,8,18H2,(H,19,20). The number of ether oxygens (including phenoxy) is 1. The Kier molecular flexibility index (Phi) is 5.25. The summed E-state index contributed by atoms with van der Waals surface area (Å²) in [5, 5.41) is 3.40. The Labute approximate surface area is 137 Å². The second kappa shape index (κ2) is 7.15. The van der Waals surface area contributed by atoms with E-state index in [-0.39, 0.29) is 11.3 Å². The van der Waals surface area contributed by atoms with Gasteiger partial charge in [-0.15, -0.1) is 0 Å². The van der Waals surface area contributed by atoms with Gasteiger partial charge >= 0.3 is 5.97 Å².